The van der Waals surface area contributed by atoms with Crippen molar-refractivity contribution in [3.05, 3.63) is 17.7 Å². The Morgan fingerprint density at radius 1 is 0.947 bits per heavy atom. The first-order chi connectivity index (χ1) is 9.15. The van der Waals surface area contributed by atoms with Crippen LogP contribution in [0, 0.1) is 0 Å². The van der Waals surface area contributed by atoms with Crippen molar-refractivity contribution in [2.75, 3.05) is 35.0 Å². The summed E-state index contributed by atoms with van der Waals surface area (Å²) in [5.74, 6) is 2.13. The highest BCUT2D eigenvalue weighted by atomic mass is 16.5. The standard InChI is InChI=1S/C14H23NO4/c1-10(9-16-2)15-8-11-6-13(18-4)14(19-5)7-12(11)17-3/h6-7,10,15H,8-9H2,1-5H3/t10-/m1/s1. The summed E-state index contributed by atoms with van der Waals surface area (Å²) in [6.45, 7) is 3.40. The average Bonchev–Trinajstić information content (AvgIpc) is 2.44. The second-order valence-electron chi connectivity index (χ2n) is 4.26. The van der Waals surface area contributed by atoms with Crippen molar-refractivity contribution < 1.29 is 18.9 Å². The maximum atomic E-state index is 5.37. The van der Waals surface area contributed by atoms with E-state index in [1.54, 1.807) is 28.4 Å². The van der Waals surface area contributed by atoms with Crippen LogP contribution in [0.5, 0.6) is 17.2 Å². The van der Waals surface area contributed by atoms with Crippen molar-refractivity contribution in [3.63, 3.8) is 0 Å². The van der Waals surface area contributed by atoms with Crippen LogP contribution in [0.2, 0.25) is 0 Å². The second kappa shape index (κ2) is 7.86. The van der Waals surface area contributed by atoms with Gasteiger partial charge < -0.3 is 24.3 Å². The van der Waals surface area contributed by atoms with Gasteiger partial charge in [-0.1, -0.05) is 0 Å². The number of ether oxygens (including phenoxy) is 4. The summed E-state index contributed by atoms with van der Waals surface area (Å²) in [6, 6.07) is 4.02. The summed E-state index contributed by atoms with van der Waals surface area (Å²) >= 11 is 0. The van der Waals surface area contributed by atoms with Gasteiger partial charge in [-0.05, 0) is 13.0 Å². The Bertz CT molecular complexity index is 395. The minimum Gasteiger partial charge on any atom is -0.496 e. The predicted octanol–water partition coefficient (Wildman–Crippen LogP) is 1.84. The largest absolute Gasteiger partial charge is 0.496 e. The number of rotatable bonds is 8. The van der Waals surface area contributed by atoms with Gasteiger partial charge in [0.15, 0.2) is 11.5 Å². The fraction of sp³-hybridized carbons (Fsp3) is 0.571. The molecule has 1 atom stereocenters. The zero-order valence-electron chi connectivity index (χ0n) is 12.3. The van der Waals surface area contributed by atoms with Crippen LogP contribution in [-0.4, -0.2) is 41.1 Å². The fourth-order valence-electron chi connectivity index (χ4n) is 1.82. The lowest BCUT2D eigenvalue weighted by Crippen LogP contribution is -2.29. The predicted molar refractivity (Wildman–Crippen MR) is 74.3 cm³/mol. The minimum absolute atomic E-state index is 0.266. The zero-order chi connectivity index (χ0) is 14.3. The van der Waals surface area contributed by atoms with Crippen LogP contribution in [0.3, 0.4) is 0 Å². The second-order valence-corrected chi connectivity index (χ2v) is 4.26. The Balaban J connectivity index is 2.86. The lowest BCUT2D eigenvalue weighted by molar-refractivity contribution is 0.171. The highest BCUT2D eigenvalue weighted by Gasteiger charge is 2.12. The molecule has 0 saturated heterocycles. The maximum Gasteiger partial charge on any atom is 0.164 e. The summed E-state index contributed by atoms with van der Waals surface area (Å²) in [5.41, 5.74) is 1.02. The molecule has 0 amide bonds. The summed E-state index contributed by atoms with van der Waals surface area (Å²) in [6.07, 6.45) is 0. The smallest absolute Gasteiger partial charge is 0.164 e. The van der Waals surface area contributed by atoms with Gasteiger partial charge in [-0.2, -0.15) is 0 Å². The third kappa shape index (κ3) is 4.29. The van der Waals surface area contributed by atoms with Crippen LogP contribution in [0.25, 0.3) is 0 Å². The SMILES string of the molecule is COC[C@@H](C)NCc1cc(OC)c(OC)cc1OC. The molecular formula is C14H23NO4. The Labute approximate surface area is 114 Å². The van der Waals surface area contributed by atoms with Crippen molar-refractivity contribution in [2.45, 2.75) is 19.5 Å². The third-order valence-electron chi connectivity index (χ3n) is 2.84. The lowest BCUT2D eigenvalue weighted by Gasteiger charge is -2.17. The van der Waals surface area contributed by atoms with Gasteiger partial charge >= 0.3 is 0 Å². The normalized spacial score (nSPS) is 12.1. The van der Waals surface area contributed by atoms with E-state index in [9.17, 15) is 0 Å². The van der Waals surface area contributed by atoms with E-state index in [0.29, 0.717) is 24.7 Å². The highest BCUT2D eigenvalue weighted by molar-refractivity contribution is 5.50. The molecular weight excluding hydrogens is 246 g/mol. The van der Waals surface area contributed by atoms with Gasteiger partial charge in [0.25, 0.3) is 0 Å². The van der Waals surface area contributed by atoms with E-state index in [1.807, 2.05) is 12.1 Å². The molecule has 1 N–H and O–H groups in total. The van der Waals surface area contributed by atoms with E-state index in [1.165, 1.54) is 0 Å². The molecule has 0 saturated carbocycles. The van der Waals surface area contributed by atoms with Gasteiger partial charge in [-0.15, -0.1) is 0 Å². The van der Waals surface area contributed by atoms with Gasteiger partial charge in [0, 0.05) is 31.3 Å². The molecule has 0 radical (unpaired) electrons. The maximum absolute atomic E-state index is 5.37. The van der Waals surface area contributed by atoms with E-state index in [4.69, 9.17) is 18.9 Å². The topological polar surface area (TPSA) is 49.0 Å². The third-order valence-corrected chi connectivity index (χ3v) is 2.84. The summed E-state index contributed by atoms with van der Waals surface area (Å²) < 4.78 is 21.0. The molecule has 5 heteroatoms. The molecule has 1 aromatic carbocycles. The Kier molecular flexibility index (Phi) is 6.45. The van der Waals surface area contributed by atoms with Crippen LogP contribution in [-0.2, 0) is 11.3 Å². The highest BCUT2D eigenvalue weighted by Crippen LogP contribution is 2.34. The van der Waals surface area contributed by atoms with Gasteiger partial charge in [-0.3, -0.25) is 0 Å². The first-order valence-corrected chi connectivity index (χ1v) is 6.17. The van der Waals surface area contributed by atoms with E-state index in [2.05, 4.69) is 12.2 Å². The molecule has 0 aliphatic heterocycles. The lowest BCUT2D eigenvalue weighted by atomic mass is 10.1. The fourth-order valence-corrected chi connectivity index (χ4v) is 1.82. The van der Waals surface area contributed by atoms with Gasteiger partial charge in [0.05, 0.1) is 27.9 Å². The summed E-state index contributed by atoms with van der Waals surface area (Å²) in [7, 11) is 6.56. The van der Waals surface area contributed by atoms with Crippen LogP contribution in [0.1, 0.15) is 12.5 Å². The van der Waals surface area contributed by atoms with Crippen molar-refractivity contribution in [2.24, 2.45) is 0 Å². The molecule has 0 aliphatic rings. The summed E-state index contributed by atoms with van der Waals surface area (Å²) in [4.78, 5) is 0. The van der Waals surface area contributed by atoms with E-state index in [-0.39, 0.29) is 6.04 Å². The monoisotopic (exact) mass is 269 g/mol. The molecule has 1 rings (SSSR count). The number of hydrogen-bond donors (Lipinski definition) is 1. The Morgan fingerprint density at radius 2 is 1.53 bits per heavy atom. The number of benzene rings is 1. The number of methoxy groups -OCH3 is 4. The van der Waals surface area contributed by atoms with E-state index < -0.39 is 0 Å². The molecule has 0 aromatic heterocycles. The van der Waals surface area contributed by atoms with Crippen LogP contribution >= 0.6 is 0 Å². The van der Waals surface area contributed by atoms with Gasteiger partial charge in [0.2, 0.25) is 0 Å². The van der Waals surface area contributed by atoms with Gasteiger partial charge in [0.1, 0.15) is 5.75 Å². The first kappa shape index (κ1) is 15.6. The van der Waals surface area contributed by atoms with Crippen molar-refractivity contribution >= 4 is 0 Å². The molecule has 0 heterocycles. The zero-order valence-corrected chi connectivity index (χ0v) is 12.3. The van der Waals surface area contributed by atoms with Crippen molar-refractivity contribution in [1.82, 2.24) is 5.32 Å². The molecule has 0 aliphatic carbocycles. The Morgan fingerprint density at radius 3 is 2.05 bits per heavy atom. The van der Waals surface area contributed by atoms with Crippen molar-refractivity contribution in [1.29, 1.82) is 0 Å². The molecule has 0 unspecified atom stereocenters. The van der Waals surface area contributed by atoms with Crippen LogP contribution in [0.15, 0.2) is 12.1 Å². The summed E-state index contributed by atoms with van der Waals surface area (Å²) in [5, 5.41) is 3.36. The quantitative estimate of drug-likeness (QED) is 0.780. The minimum atomic E-state index is 0.266. The molecule has 0 bridgehead atoms. The molecule has 1 aromatic rings. The molecule has 108 valence electrons. The van der Waals surface area contributed by atoms with Crippen LogP contribution in [0.4, 0.5) is 0 Å². The molecule has 0 fully saturated rings. The molecule has 5 nitrogen and oxygen atoms in total. The van der Waals surface area contributed by atoms with Gasteiger partial charge in [-0.25, -0.2) is 0 Å². The average molecular weight is 269 g/mol. The van der Waals surface area contributed by atoms with Crippen molar-refractivity contribution in [3.8, 4) is 17.2 Å². The van der Waals surface area contributed by atoms with Crippen LogP contribution < -0.4 is 19.5 Å². The molecule has 19 heavy (non-hydrogen) atoms. The number of nitrogens with one attached hydrogen (secondary N) is 1. The van der Waals surface area contributed by atoms with E-state index >= 15 is 0 Å². The number of hydrogen-bond acceptors (Lipinski definition) is 5. The first-order valence-electron chi connectivity index (χ1n) is 6.17. The van der Waals surface area contributed by atoms with E-state index in [0.717, 1.165) is 11.3 Å². The Hall–Kier alpha value is -1.46. The molecule has 0 spiro atoms.